The molecule has 0 saturated heterocycles. The number of carbonyl (C=O) groups is 1. The van der Waals surface area contributed by atoms with Crippen molar-refractivity contribution in [1.82, 2.24) is 4.98 Å². The van der Waals surface area contributed by atoms with Gasteiger partial charge in [-0.15, -0.1) is 0 Å². The van der Waals surface area contributed by atoms with E-state index in [1.807, 2.05) is 19.9 Å². The molecule has 0 aliphatic rings. The Bertz CT molecular complexity index is 684. The number of fused-ring (bicyclic) bond motifs is 1. The van der Waals surface area contributed by atoms with Crippen LogP contribution in [0, 0.1) is 17.2 Å². The first kappa shape index (κ1) is 13.8. The van der Waals surface area contributed by atoms with Gasteiger partial charge in [0.15, 0.2) is 0 Å². The van der Waals surface area contributed by atoms with Gasteiger partial charge in [0.2, 0.25) is 0 Å². The van der Waals surface area contributed by atoms with Crippen molar-refractivity contribution in [3.8, 4) is 6.07 Å². The summed E-state index contributed by atoms with van der Waals surface area (Å²) in [7, 11) is 0. The van der Waals surface area contributed by atoms with Crippen LogP contribution in [-0.2, 0) is 4.79 Å². The van der Waals surface area contributed by atoms with E-state index in [9.17, 15) is 15.2 Å². The van der Waals surface area contributed by atoms with E-state index >= 15 is 0 Å². The largest absolute Gasteiger partial charge is 0.480 e. The highest BCUT2D eigenvalue weighted by molar-refractivity contribution is 5.97. The van der Waals surface area contributed by atoms with E-state index in [-0.39, 0.29) is 5.92 Å². The number of pyridine rings is 1. The molecule has 5 heteroatoms. The summed E-state index contributed by atoms with van der Waals surface area (Å²) in [6.45, 7) is 3.64. The van der Waals surface area contributed by atoms with Gasteiger partial charge >= 0.3 is 5.97 Å². The zero-order valence-corrected chi connectivity index (χ0v) is 11.3. The summed E-state index contributed by atoms with van der Waals surface area (Å²) in [5.41, 5.74) is 0.478. The number of nitriles is 1. The first-order chi connectivity index (χ1) is 9.54. The zero-order valence-electron chi connectivity index (χ0n) is 11.3. The van der Waals surface area contributed by atoms with E-state index in [1.165, 1.54) is 0 Å². The first-order valence-electron chi connectivity index (χ1n) is 6.31. The number of aliphatic carboxylic acids is 1. The maximum Gasteiger partial charge on any atom is 0.326 e. The fourth-order valence-electron chi connectivity index (χ4n) is 2.09. The molecule has 1 heterocycles. The lowest BCUT2D eigenvalue weighted by Gasteiger charge is -2.19. The molecule has 20 heavy (non-hydrogen) atoms. The second kappa shape index (κ2) is 5.57. The number of rotatable bonds is 4. The molecule has 2 N–H and O–H groups in total. The molecule has 5 nitrogen and oxygen atoms in total. The van der Waals surface area contributed by atoms with Crippen LogP contribution in [-0.4, -0.2) is 22.1 Å². The molecule has 1 aromatic carbocycles. The van der Waals surface area contributed by atoms with Crippen molar-refractivity contribution >= 4 is 22.6 Å². The summed E-state index contributed by atoms with van der Waals surface area (Å²) >= 11 is 0. The van der Waals surface area contributed by atoms with Crippen LogP contribution < -0.4 is 5.32 Å². The Morgan fingerprint density at radius 2 is 2.15 bits per heavy atom. The minimum absolute atomic E-state index is 0.0983. The van der Waals surface area contributed by atoms with Crippen molar-refractivity contribution in [2.45, 2.75) is 19.9 Å². The van der Waals surface area contributed by atoms with Gasteiger partial charge in [0.05, 0.1) is 11.6 Å². The van der Waals surface area contributed by atoms with Crippen LogP contribution in [0.5, 0.6) is 0 Å². The summed E-state index contributed by atoms with van der Waals surface area (Å²) in [5.74, 6) is -0.604. The normalized spacial score (nSPS) is 12.1. The second-order valence-corrected chi connectivity index (χ2v) is 4.88. The van der Waals surface area contributed by atoms with Crippen molar-refractivity contribution in [2.24, 2.45) is 5.92 Å². The summed E-state index contributed by atoms with van der Waals surface area (Å²) < 4.78 is 0. The smallest absolute Gasteiger partial charge is 0.326 e. The number of benzene rings is 1. The van der Waals surface area contributed by atoms with Crippen molar-refractivity contribution in [3.05, 3.63) is 36.0 Å². The summed E-state index contributed by atoms with van der Waals surface area (Å²) in [6.07, 6.45) is 1.60. The average Bonchev–Trinajstić information content (AvgIpc) is 2.43. The predicted octanol–water partition coefficient (Wildman–Crippen LogP) is 2.63. The van der Waals surface area contributed by atoms with Crippen LogP contribution in [0.25, 0.3) is 10.8 Å². The minimum atomic E-state index is -0.937. The predicted molar refractivity (Wildman–Crippen MR) is 76.3 cm³/mol. The van der Waals surface area contributed by atoms with Crippen LogP contribution in [0.15, 0.2) is 30.5 Å². The fourth-order valence-corrected chi connectivity index (χ4v) is 2.09. The minimum Gasteiger partial charge on any atom is -0.480 e. The molecule has 1 aromatic heterocycles. The second-order valence-electron chi connectivity index (χ2n) is 4.88. The molecule has 0 amide bonds. The SMILES string of the molecule is CC(C)C(Nc1nccc2cccc(C#N)c12)C(=O)O. The number of anilines is 1. The van der Waals surface area contributed by atoms with Crippen LogP contribution in [0.4, 0.5) is 5.82 Å². The zero-order chi connectivity index (χ0) is 14.7. The topological polar surface area (TPSA) is 86.0 Å². The fraction of sp³-hybridized carbons (Fsp3) is 0.267. The molecule has 0 saturated carbocycles. The molecule has 0 spiro atoms. The molecule has 0 radical (unpaired) electrons. The lowest BCUT2D eigenvalue weighted by atomic mass is 10.0. The third-order valence-corrected chi connectivity index (χ3v) is 3.14. The van der Waals surface area contributed by atoms with Gasteiger partial charge in [-0.1, -0.05) is 26.0 Å². The number of hydrogen-bond donors (Lipinski definition) is 2. The number of nitrogens with zero attached hydrogens (tertiary/aromatic N) is 2. The Labute approximate surface area is 116 Å². The number of carboxylic acids is 1. The molecular formula is C15H15N3O2. The Balaban J connectivity index is 2.55. The molecule has 0 aliphatic carbocycles. The molecule has 2 rings (SSSR count). The van der Waals surface area contributed by atoms with Gasteiger partial charge in [-0.25, -0.2) is 9.78 Å². The number of carboxylic acid groups (broad SMARTS) is 1. The van der Waals surface area contributed by atoms with Crippen LogP contribution >= 0.6 is 0 Å². The Morgan fingerprint density at radius 1 is 1.40 bits per heavy atom. The lowest BCUT2D eigenvalue weighted by molar-refractivity contribution is -0.138. The van der Waals surface area contributed by atoms with E-state index in [1.54, 1.807) is 24.4 Å². The van der Waals surface area contributed by atoms with Crippen LogP contribution in [0.2, 0.25) is 0 Å². The Kier molecular flexibility index (Phi) is 3.85. The van der Waals surface area contributed by atoms with Crippen molar-refractivity contribution in [2.75, 3.05) is 5.32 Å². The molecule has 0 fully saturated rings. The van der Waals surface area contributed by atoms with E-state index in [4.69, 9.17) is 0 Å². The van der Waals surface area contributed by atoms with E-state index in [0.29, 0.717) is 16.8 Å². The third kappa shape index (κ3) is 2.54. The molecular weight excluding hydrogens is 254 g/mol. The van der Waals surface area contributed by atoms with E-state index in [2.05, 4.69) is 16.4 Å². The average molecular weight is 269 g/mol. The van der Waals surface area contributed by atoms with Crippen molar-refractivity contribution in [3.63, 3.8) is 0 Å². The molecule has 0 aliphatic heterocycles. The lowest BCUT2D eigenvalue weighted by Crippen LogP contribution is -2.34. The van der Waals surface area contributed by atoms with Crippen molar-refractivity contribution < 1.29 is 9.90 Å². The molecule has 1 atom stereocenters. The Hall–Kier alpha value is -2.61. The highest BCUT2D eigenvalue weighted by Gasteiger charge is 2.22. The Morgan fingerprint density at radius 3 is 2.75 bits per heavy atom. The van der Waals surface area contributed by atoms with E-state index < -0.39 is 12.0 Å². The van der Waals surface area contributed by atoms with Gasteiger partial charge in [-0.3, -0.25) is 0 Å². The molecule has 102 valence electrons. The highest BCUT2D eigenvalue weighted by atomic mass is 16.4. The van der Waals surface area contributed by atoms with Crippen molar-refractivity contribution in [1.29, 1.82) is 5.26 Å². The quantitative estimate of drug-likeness (QED) is 0.891. The molecule has 2 aromatic rings. The van der Waals surface area contributed by atoms with Gasteiger partial charge < -0.3 is 10.4 Å². The summed E-state index contributed by atoms with van der Waals surface area (Å²) in [4.78, 5) is 15.5. The van der Waals surface area contributed by atoms with Gasteiger partial charge in [-0.2, -0.15) is 5.26 Å². The monoisotopic (exact) mass is 269 g/mol. The van der Waals surface area contributed by atoms with Gasteiger partial charge in [0, 0.05) is 11.6 Å². The van der Waals surface area contributed by atoms with E-state index in [0.717, 1.165) is 5.39 Å². The first-order valence-corrected chi connectivity index (χ1v) is 6.31. The van der Waals surface area contributed by atoms with Gasteiger partial charge in [0.25, 0.3) is 0 Å². The number of nitrogens with one attached hydrogen (secondary N) is 1. The number of hydrogen-bond acceptors (Lipinski definition) is 4. The van der Waals surface area contributed by atoms with Gasteiger partial charge in [-0.05, 0) is 23.4 Å². The third-order valence-electron chi connectivity index (χ3n) is 3.14. The van der Waals surface area contributed by atoms with Gasteiger partial charge in [0.1, 0.15) is 11.9 Å². The van der Waals surface area contributed by atoms with Crippen LogP contribution in [0.3, 0.4) is 0 Å². The maximum atomic E-state index is 11.3. The molecule has 0 bridgehead atoms. The summed E-state index contributed by atoms with van der Waals surface area (Å²) in [6, 6.07) is 8.52. The molecule has 1 unspecified atom stereocenters. The standard InChI is InChI=1S/C15H15N3O2/c1-9(2)13(15(19)20)18-14-12-10(6-7-17-14)4-3-5-11(12)8-16/h3-7,9,13H,1-2H3,(H,17,18)(H,19,20). The number of aromatic nitrogens is 1. The maximum absolute atomic E-state index is 11.3. The van der Waals surface area contributed by atoms with Crippen LogP contribution in [0.1, 0.15) is 19.4 Å². The summed E-state index contributed by atoms with van der Waals surface area (Å²) in [5, 5.41) is 22.9. The highest BCUT2D eigenvalue weighted by Crippen LogP contribution is 2.26.